The molecule has 18 heavy (non-hydrogen) atoms. The topological polar surface area (TPSA) is 104 Å². The summed E-state index contributed by atoms with van der Waals surface area (Å²) in [5.74, 6) is -1.44. The number of hydrogen-bond acceptors (Lipinski definition) is 8. The predicted octanol–water partition coefficient (Wildman–Crippen LogP) is 0.722. The monoisotopic (exact) mass is 269 g/mol. The average molecular weight is 269 g/mol. The second kappa shape index (κ2) is 6.50. The van der Waals surface area contributed by atoms with Gasteiger partial charge in [-0.3, -0.25) is 0 Å². The first-order valence-corrected chi connectivity index (χ1v) is 5.67. The molecule has 0 aliphatic carbocycles. The van der Waals surface area contributed by atoms with Crippen molar-refractivity contribution in [3.8, 4) is 0 Å². The zero-order chi connectivity index (χ0) is 13.5. The fourth-order valence-corrected chi connectivity index (χ4v) is 1.45. The number of hydrogen-bond donors (Lipinski definition) is 1. The van der Waals surface area contributed by atoms with Crippen molar-refractivity contribution < 1.29 is 19.2 Å². The molecule has 1 aromatic heterocycles. The third kappa shape index (κ3) is 3.98. The minimum absolute atomic E-state index is 0.0115. The highest BCUT2D eigenvalue weighted by Crippen LogP contribution is 2.13. The molecule has 0 aliphatic heterocycles. The fourth-order valence-electron chi connectivity index (χ4n) is 0.898. The number of oxime groups is 1. The molecule has 1 aromatic rings. The van der Waals surface area contributed by atoms with E-state index in [-0.39, 0.29) is 23.1 Å². The third-order valence-corrected chi connectivity index (χ3v) is 2.23. The van der Waals surface area contributed by atoms with Gasteiger partial charge in [-0.15, -0.1) is 11.3 Å². The van der Waals surface area contributed by atoms with Crippen molar-refractivity contribution in [3.05, 3.63) is 23.7 Å². The number of nitrogens with two attached hydrogens (primary N) is 1. The van der Waals surface area contributed by atoms with Gasteiger partial charge < -0.3 is 15.3 Å². The average Bonchev–Trinajstić information content (AvgIpc) is 2.73. The van der Waals surface area contributed by atoms with Crippen molar-refractivity contribution in [1.29, 1.82) is 0 Å². The number of rotatable bonds is 5. The maximum absolute atomic E-state index is 11.7. The predicted molar refractivity (Wildman–Crippen MR) is 66.0 cm³/mol. The van der Waals surface area contributed by atoms with Gasteiger partial charge in [-0.05, 0) is 0 Å². The molecular formula is C10H11N3O4S. The van der Waals surface area contributed by atoms with E-state index in [1.807, 2.05) is 0 Å². The highest BCUT2D eigenvalue weighted by Gasteiger charge is 2.20. The minimum Gasteiger partial charge on any atom is -0.457 e. The van der Waals surface area contributed by atoms with Gasteiger partial charge in [-0.2, -0.15) is 0 Å². The normalized spacial score (nSPS) is 10.8. The fraction of sp³-hybridized carbons (Fsp3) is 0.200. The first kappa shape index (κ1) is 13.8. The van der Waals surface area contributed by atoms with Crippen LogP contribution in [0.25, 0.3) is 0 Å². The number of esters is 1. The number of nitrogens with zero attached hydrogens (tertiary/aromatic N) is 2. The lowest BCUT2D eigenvalue weighted by Crippen LogP contribution is -2.20. The van der Waals surface area contributed by atoms with Crippen molar-refractivity contribution in [2.45, 2.75) is 6.92 Å². The van der Waals surface area contributed by atoms with Crippen LogP contribution in [0.4, 0.5) is 5.13 Å². The van der Waals surface area contributed by atoms with Gasteiger partial charge in [0.25, 0.3) is 0 Å². The molecule has 0 unspecified atom stereocenters. The highest BCUT2D eigenvalue weighted by molar-refractivity contribution is 7.13. The summed E-state index contributed by atoms with van der Waals surface area (Å²) in [5.41, 5.74) is 5.41. The third-order valence-electron chi connectivity index (χ3n) is 1.56. The van der Waals surface area contributed by atoms with Gasteiger partial charge >= 0.3 is 11.9 Å². The Kier molecular flexibility index (Phi) is 5.00. The number of nitrogen functional groups attached to an aromatic ring is 1. The van der Waals surface area contributed by atoms with Crippen LogP contribution in [-0.2, 0) is 19.2 Å². The second-order valence-electron chi connectivity index (χ2n) is 2.98. The zero-order valence-corrected chi connectivity index (χ0v) is 10.4. The molecule has 0 atom stereocenters. The Morgan fingerprint density at radius 2 is 2.39 bits per heavy atom. The van der Waals surface area contributed by atoms with E-state index in [9.17, 15) is 9.59 Å². The maximum atomic E-state index is 11.7. The highest BCUT2D eigenvalue weighted by atomic mass is 32.1. The lowest BCUT2D eigenvalue weighted by molar-refractivity contribution is -0.141. The summed E-state index contributed by atoms with van der Waals surface area (Å²) in [6, 6.07) is 0. The molecule has 0 amide bonds. The van der Waals surface area contributed by atoms with E-state index in [0.717, 1.165) is 18.3 Å². The van der Waals surface area contributed by atoms with Crippen LogP contribution < -0.4 is 5.73 Å². The zero-order valence-electron chi connectivity index (χ0n) is 9.58. The molecule has 1 heterocycles. The van der Waals surface area contributed by atoms with Gasteiger partial charge in [0.2, 0.25) is 5.71 Å². The molecule has 8 heteroatoms. The van der Waals surface area contributed by atoms with Crippen LogP contribution in [0.1, 0.15) is 12.6 Å². The van der Waals surface area contributed by atoms with Crippen LogP contribution in [0.5, 0.6) is 0 Å². The SMILES string of the molecule is C=CCOC(=O)/C(=N/OC(C)=O)c1csc(N)n1. The first-order chi connectivity index (χ1) is 8.54. The lowest BCUT2D eigenvalue weighted by Gasteiger charge is -2.02. The van der Waals surface area contributed by atoms with E-state index >= 15 is 0 Å². The van der Waals surface area contributed by atoms with E-state index < -0.39 is 11.9 Å². The van der Waals surface area contributed by atoms with Gasteiger partial charge in [0.05, 0.1) is 0 Å². The van der Waals surface area contributed by atoms with E-state index in [1.165, 1.54) is 11.5 Å². The van der Waals surface area contributed by atoms with Crippen LogP contribution in [0.15, 0.2) is 23.2 Å². The van der Waals surface area contributed by atoms with Gasteiger partial charge in [0, 0.05) is 12.3 Å². The minimum atomic E-state index is -0.776. The van der Waals surface area contributed by atoms with Crippen LogP contribution >= 0.6 is 11.3 Å². The molecule has 0 bridgehead atoms. The number of carbonyl (C=O) groups excluding carboxylic acids is 2. The summed E-state index contributed by atoms with van der Waals surface area (Å²) >= 11 is 1.13. The summed E-state index contributed by atoms with van der Waals surface area (Å²) in [6.07, 6.45) is 1.40. The van der Waals surface area contributed by atoms with E-state index in [4.69, 9.17) is 10.5 Å². The van der Waals surface area contributed by atoms with Crippen molar-refractivity contribution >= 4 is 34.1 Å². The molecule has 0 aliphatic rings. The maximum Gasteiger partial charge on any atom is 0.363 e. The summed E-state index contributed by atoms with van der Waals surface area (Å²) in [5, 5.41) is 5.17. The standard InChI is InChI=1S/C10H11N3O4S/c1-3-4-16-9(15)8(13-17-6(2)14)7-5-18-10(11)12-7/h3,5H,1,4H2,2H3,(H2,11,12)/b13-8+. The van der Waals surface area contributed by atoms with Gasteiger partial charge in [-0.25, -0.2) is 14.6 Å². The Labute approximate surface area is 107 Å². The molecule has 1 rings (SSSR count). The van der Waals surface area contributed by atoms with Crippen molar-refractivity contribution in [2.24, 2.45) is 5.16 Å². The Hall–Kier alpha value is -2.22. The van der Waals surface area contributed by atoms with E-state index in [2.05, 4.69) is 21.6 Å². The lowest BCUT2D eigenvalue weighted by atomic mass is 10.3. The quantitative estimate of drug-likeness (QED) is 0.278. The number of carbonyl (C=O) groups is 2. The summed E-state index contributed by atoms with van der Waals surface area (Å²) < 4.78 is 4.79. The van der Waals surface area contributed by atoms with Gasteiger partial charge in [0.15, 0.2) is 5.13 Å². The molecule has 2 N–H and O–H groups in total. The van der Waals surface area contributed by atoms with Crippen LogP contribution in [-0.4, -0.2) is 29.2 Å². The molecule has 0 saturated heterocycles. The Morgan fingerprint density at radius 1 is 1.67 bits per heavy atom. The molecule has 0 saturated carbocycles. The summed E-state index contributed by atoms with van der Waals surface area (Å²) in [6.45, 7) is 4.58. The molecule has 0 radical (unpaired) electrons. The van der Waals surface area contributed by atoms with Gasteiger partial charge in [-0.1, -0.05) is 17.8 Å². The van der Waals surface area contributed by atoms with Crippen LogP contribution in [0, 0.1) is 0 Å². The Bertz CT molecular complexity index is 495. The smallest absolute Gasteiger partial charge is 0.363 e. The second-order valence-corrected chi connectivity index (χ2v) is 3.87. The van der Waals surface area contributed by atoms with E-state index in [0.29, 0.717) is 0 Å². The summed E-state index contributed by atoms with van der Waals surface area (Å²) in [7, 11) is 0. The van der Waals surface area contributed by atoms with Crippen molar-refractivity contribution in [2.75, 3.05) is 12.3 Å². The molecule has 0 aromatic carbocycles. The summed E-state index contributed by atoms with van der Waals surface area (Å²) in [4.78, 5) is 30.6. The number of aromatic nitrogens is 1. The van der Waals surface area contributed by atoms with Crippen LogP contribution in [0.3, 0.4) is 0 Å². The Morgan fingerprint density at radius 3 is 2.89 bits per heavy atom. The van der Waals surface area contributed by atoms with Gasteiger partial charge in [0.1, 0.15) is 12.3 Å². The largest absolute Gasteiger partial charge is 0.457 e. The molecular weight excluding hydrogens is 258 g/mol. The van der Waals surface area contributed by atoms with Crippen molar-refractivity contribution in [3.63, 3.8) is 0 Å². The number of thiazole rings is 1. The Balaban J connectivity index is 2.94. The number of ether oxygens (including phenoxy) is 1. The van der Waals surface area contributed by atoms with E-state index in [1.54, 1.807) is 0 Å². The molecule has 7 nitrogen and oxygen atoms in total. The number of anilines is 1. The molecule has 0 fully saturated rings. The van der Waals surface area contributed by atoms with Crippen molar-refractivity contribution in [1.82, 2.24) is 4.98 Å². The molecule has 96 valence electrons. The van der Waals surface area contributed by atoms with Crippen LogP contribution in [0.2, 0.25) is 0 Å². The first-order valence-electron chi connectivity index (χ1n) is 4.79. The molecule has 0 spiro atoms.